The molecule has 11 heteroatoms. The molecule has 1 amide bonds. The highest BCUT2D eigenvalue weighted by Gasteiger charge is 2.47. The van der Waals surface area contributed by atoms with Gasteiger partial charge >= 0.3 is 5.97 Å². The number of aliphatic hydroxyl groups is 5. The normalized spacial score (nSPS) is 18.7. The summed E-state index contributed by atoms with van der Waals surface area (Å²) in [5.41, 5.74) is 0. The van der Waals surface area contributed by atoms with E-state index < -0.39 is 67.4 Å². The number of unbranched alkanes of at least 4 members (excludes halogenated alkanes) is 31. The number of carbonyl (C=O) groups is 2. The van der Waals surface area contributed by atoms with E-state index in [1.165, 1.54) is 148 Å². The number of rotatable bonds is 63. The molecule has 0 aromatic heterocycles. The third-order valence-corrected chi connectivity index (χ3v) is 16.8. The second-order valence-electron chi connectivity index (χ2n) is 25.3. The molecule has 1 saturated heterocycles. The summed E-state index contributed by atoms with van der Waals surface area (Å²) in [5.74, 6) is -1.22. The Balaban J connectivity index is 2.58. The minimum atomic E-state index is -1.63. The average Bonchev–Trinajstić information content (AvgIpc) is 1.05. The Labute approximate surface area is 557 Å². The zero-order valence-corrected chi connectivity index (χ0v) is 58.2. The van der Waals surface area contributed by atoms with Crippen molar-refractivity contribution in [3.63, 3.8) is 0 Å². The Hall–Kier alpha value is -3.94. The van der Waals surface area contributed by atoms with E-state index in [1.54, 1.807) is 6.08 Å². The Bertz CT molecular complexity index is 1950. The minimum Gasteiger partial charge on any atom is -0.454 e. The summed E-state index contributed by atoms with van der Waals surface area (Å²) in [4.78, 5) is 26.7. The van der Waals surface area contributed by atoms with Crippen molar-refractivity contribution in [1.82, 2.24) is 5.32 Å². The highest BCUT2D eigenvalue weighted by Crippen LogP contribution is 2.26. The first-order valence-corrected chi connectivity index (χ1v) is 37.3. The van der Waals surface area contributed by atoms with Gasteiger partial charge in [0.25, 0.3) is 0 Å². The lowest BCUT2D eigenvalue weighted by atomic mass is 9.99. The molecule has 1 rings (SSSR count). The number of hydrogen-bond donors (Lipinski definition) is 6. The van der Waals surface area contributed by atoms with Gasteiger partial charge in [-0.05, 0) is 116 Å². The molecular weight excluding hydrogens is 1130 g/mol. The number of amides is 1. The van der Waals surface area contributed by atoms with Crippen LogP contribution in [0, 0.1) is 0 Å². The summed E-state index contributed by atoms with van der Waals surface area (Å²) in [5, 5.41) is 57.3. The smallest absolute Gasteiger partial charge is 0.306 e. The summed E-state index contributed by atoms with van der Waals surface area (Å²) < 4.78 is 17.7. The van der Waals surface area contributed by atoms with Crippen molar-refractivity contribution in [3.8, 4) is 0 Å². The Morgan fingerprint density at radius 2 is 0.791 bits per heavy atom. The summed E-state index contributed by atoms with van der Waals surface area (Å²) >= 11 is 0. The summed E-state index contributed by atoms with van der Waals surface area (Å²) in [6.45, 7) is 5.66. The summed E-state index contributed by atoms with van der Waals surface area (Å²) in [6, 6.07) is -1.05. The van der Waals surface area contributed by atoms with Gasteiger partial charge in [0.1, 0.15) is 24.4 Å². The van der Waals surface area contributed by atoms with Crippen LogP contribution in [0.2, 0.25) is 0 Å². The van der Waals surface area contributed by atoms with Crippen LogP contribution >= 0.6 is 0 Å². The lowest BCUT2D eigenvalue weighted by Gasteiger charge is -2.41. The molecular formula is C80H137NO10. The highest BCUT2D eigenvalue weighted by molar-refractivity contribution is 5.80. The van der Waals surface area contributed by atoms with Crippen LogP contribution in [-0.4, -0.2) is 99.6 Å². The van der Waals surface area contributed by atoms with Gasteiger partial charge in [0, 0.05) is 6.42 Å². The van der Waals surface area contributed by atoms with Gasteiger partial charge in [-0.1, -0.05) is 309 Å². The van der Waals surface area contributed by atoms with Gasteiger partial charge in [0.05, 0.1) is 25.4 Å². The van der Waals surface area contributed by atoms with Crippen LogP contribution in [-0.2, 0) is 23.8 Å². The largest absolute Gasteiger partial charge is 0.454 e. The lowest BCUT2D eigenvalue weighted by Crippen LogP contribution is -2.61. The third-order valence-electron chi connectivity index (χ3n) is 16.8. The molecule has 0 aromatic rings. The molecule has 1 aliphatic heterocycles. The monoisotopic (exact) mass is 1270 g/mol. The Kier molecular flexibility index (Phi) is 61.8. The number of aliphatic hydroxyl groups excluding tert-OH is 5. The summed E-state index contributed by atoms with van der Waals surface area (Å²) in [7, 11) is 0. The van der Waals surface area contributed by atoms with Crippen LogP contribution < -0.4 is 5.32 Å². The van der Waals surface area contributed by atoms with Crippen LogP contribution in [0.25, 0.3) is 0 Å². The molecule has 0 bridgehead atoms. The third kappa shape index (κ3) is 53.1. The molecule has 91 heavy (non-hydrogen) atoms. The van der Waals surface area contributed by atoms with E-state index in [-0.39, 0.29) is 19.4 Å². The number of ether oxygens (including phenoxy) is 3. The zero-order valence-electron chi connectivity index (χ0n) is 58.2. The first-order chi connectivity index (χ1) is 44.7. The summed E-state index contributed by atoms with van der Waals surface area (Å²) in [6.07, 6.45) is 82.3. The standard InChI is InChI=1S/C80H137NO10/c1-4-7-10-13-16-19-22-25-27-29-31-33-35-36-37-38-39-41-43-45-47-50-53-56-59-62-65-68-75(85)91-78-77(87)76(86)74(69-82)90-80(78)89-70-71(72(83)66-63-60-57-54-51-48-24-21-18-15-12-9-6-3)81-79(88)73(84)67-64-61-58-55-52-49-46-44-42-40-34-32-30-28-26-23-20-17-14-11-8-5-2/h8,11,16-17,19-20,25-28,31-34,42,44,49,52,63,66,71-74,76-78,80,82-84,86-87H,4-7,9-10,12-15,18,21-24,29-30,35-41,43,45-48,50-51,53-62,64-65,67-70H2,1-3H3,(H,81,88)/b11-8-,19-16-,20-17-,27-25-,28-26-,33-31-,34-32-,44-42-,52-49-,66-63+. The molecule has 1 fully saturated rings. The van der Waals surface area contributed by atoms with Crippen molar-refractivity contribution in [2.45, 2.75) is 359 Å². The van der Waals surface area contributed by atoms with Crippen LogP contribution in [0.15, 0.2) is 122 Å². The molecule has 11 nitrogen and oxygen atoms in total. The zero-order chi connectivity index (χ0) is 66.0. The van der Waals surface area contributed by atoms with Gasteiger partial charge in [0.15, 0.2) is 12.4 Å². The maximum Gasteiger partial charge on any atom is 0.306 e. The van der Waals surface area contributed by atoms with Crippen LogP contribution in [0.1, 0.15) is 310 Å². The molecule has 0 saturated carbocycles. The predicted molar refractivity (Wildman–Crippen MR) is 384 cm³/mol. The Morgan fingerprint density at radius 3 is 1.21 bits per heavy atom. The lowest BCUT2D eigenvalue weighted by molar-refractivity contribution is -0.305. The van der Waals surface area contributed by atoms with Crippen LogP contribution in [0.3, 0.4) is 0 Å². The molecule has 6 N–H and O–H groups in total. The quantitative estimate of drug-likeness (QED) is 0.0195. The van der Waals surface area contributed by atoms with Gasteiger partial charge in [-0.15, -0.1) is 0 Å². The molecule has 8 unspecified atom stereocenters. The SMILES string of the molecule is CC/C=C\C/C=C\C/C=C\C/C=C\C/C=C\C/C=C\CCCCCC(O)C(=O)NC(COC1OC(CO)C(O)C(O)C1OC(=O)CCCCCCCCCCCCCCCC/C=C\C/C=C\C/C=C\CCCCC)C(O)/C=C/CCCCCCCCCCCCC. The molecule has 0 spiro atoms. The van der Waals surface area contributed by atoms with Crippen molar-refractivity contribution in [2.24, 2.45) is 0 Å². The number of carbonyl (C=O) groups excluding carboxylic acids is 2. The van der Waals surface area contributed by atoms with Crippen molar-refractivity contribution < 1.29 is 49.3 Å². The van der Waals surface area contributed by atoms with E-state index in [1.807, 2.05) is 6.08 Å². The number of allylic oxidation sites excluding steroid dienone is 19. The van der Waals surface area contributed by atoms with Gasteiger partial charge in [-0.3, -0.25) is 9.59 Å². The molecule has 8 atom stereocenters. The number of esters is 1. The fourth-order valence-corrected chi connectivity index (χ4v) is 11.0. The van der Waals surface area contributed by atoms with E-state index >= 15 is 0 Å². The van der Waals surface area contributed by atoms with Crippen molar-refractivity contribution in [1.29, 1.82) is 0 Å². The first-order valence-electron chi connectivity index (χ1n) is 37.3. The second-order valence-corrected chi connectivity index (χ2v) is 25.3. The topological polar surface area (TPSA) is 175 Å². The van der Waals surface area contributed by atoms with E-state index in [9.17, 15) is 35.1 Å². The van der Waals surface area contributed by atoms with Gasteiger partial charge in [-0.2, -0.15) is 0 Å². The van der Waals surface area contributed by atoms with Gasteiger partial charge in [0.2, 0.25) is 5.91 Å². The van der Waals surface area contributed by atoms with Crippen LogP contribution in [0.5, 0.6) is 0 Å². The van der Waals surface area contributed by atoms with Crippen molar-refractivity contribution in [2.75, 3.05) is 13.2 Å². The second kappa shape index (κ2) is 66.1. The number of nitrogens with one attached hydrogen (secondary N) is 1. The van der Waals surface area contributed by atoms with E-state index in [4.69, 9.17) is 14.2 Å². The van der Waals surface area contributed by atoms with Gasteiger partial charge in [-0.25, -0.2) is 0 Å². The minimum absolute atomic E-state index is 0.114. The number of hydrogen-bond acceptors (Lipinski definition) is 10. The van der Waals surface area contributed by atoms with Crippen molar-refractivity contribution >= 4 is 11.9 Å². The average molecular weight is 1270 g/mol. The maximum absolute atomic E-state index is 13.5. The fourth-order valence-electron chi connectivity index (χ4n) is 11.0. The van der Waals surface area contributed by atoms with E-state index in [0.717, 1.165) is 116 Å². The molecule has 0 aliphatic carbocycles. The van der Waals surface area contributed by atoms with Crippen molar-refractivity contribution in [3.05, 3.63) is 122 Å². The Morgan fingerprint density at radius 1 is 0.440 bits per heavy atom. The van der Waals surface area contributed by atoms with Crippen LogP contribution in [0.4, 0.5) is 0 Å². The fraction of sp³-hybridized carbons (Fsp3) is 0.725. The highest BCUT2D eigenvalue weighted by atomic mass is 16.7. The van der Waals surface area contributed by atoms with Gasteiger partial charge < -0.3 is 45.1 Å². The molecule has 0 radical (unpaired) electrons. The first kappa shape index (κ1) is 85.1. The molecule has 1 aliphatic rings. The van der Waals surface area contributed by atoms with E-state index in [0.29, 0.717) is 12.8 Å². The molecule has 1 heterocycles. The molecule has 522 valence electrons. The maximum atomic E-state index is 13.5. The predicted octanol–water partition coefficient (Wildman–Crippen LogP) is 19.7. The van der Waals surface area contributed by atoms with E-state index in [2.05, 4.69) is 135 Å². The molecule has 0 aromatic carbocycles.